The number of fused-ring (bicyclic) bond motifs is 2. The third-order valence-electron chi connectivity index (χ3n) is 9.82. The molecule has 1 aromatic heterocycles. The molecule has 0 aliphatic carbocycles. The van der Waals surface area contributed by atoms with Crippen molar-refractivity contribution in [2.45, 2.75) is 32.0 Å². The summed E-state index contributed by atoms with van der Waals surface area (Å²) < 4.78 is 45.9. The van der Waals surface area contributed by atoms with Crippen LogP contribution in [0.25, 0.3) is 22.0 Å². The molecule has 2 aliphatic heterocycles. The molecule has 16 heteroatoms. The van der Waals surface area contributed by atoms with Crippen LogP contribution in [0.3, 0.4) is 0 Å². The molecule has 4 amide bonds. The lowest BCUT2D eigenvalue weighted by molar-refractivity contribution is -0.136. The summed E-state index contributed by atoms with van der Waals surface area (Å²) in [7, 11) is 0. The van der Waals surface area contributed by atoms with Gasteiger partial charge in [0.25, 0.3) is 11.8 Å². The first-order valence-electron chi connectivity index (χ1n) is 18.9. The first kappa shape index (κ1) is 41.5. The van der Waals surface area contributed by atoms with Gasteiger partial charge in [0.2, 0.25) is 11.8 Å². The molecule has 0 saturated carbocycles. The van der Waals surface area contributed by atoms with Gasteiger partial charge >= 0.3 is 0 Å². The third-order valence-corrected chi connectivity index (χ3v) is 10.1. The fourth-order valence-electron chi connectivity index (χ4n) is 6.92. The van der Waals surface area contributed by atoms with Gasteiger partial charge in [-0.25, -0.2) is 0 Å². The zero-order valence-electron chi connectivity index (χ0n) is 31.4. The smallest absolute Gasteiger partial charge is 0.264 e. The quantitative estimate of drug-likeness (QED) is 0.0513. The molecule has 13 nitrogen and oxygen atoms in total. The van der Waals surface area contributed by atoms with Crippen LogP contribution in [0.1, 0.15) is 44.7 Å². The Morgan fingerprint density at radius 3 is 2.32 bits per heavy atom. The number of nitrogens with zero attached hydrogens (tertiary/aromatic N) is 2. The number of benzene rings is 3. The first-order valence-corrected chi connectivity index (χ1v) is 19.3. The molecule has 1 saturated heterocycles. The van der Waals surface area contributed by atoms with Gasteiger partial charge in [0.1, 0.15) is 11.0 Å². The van der Waals surface area contributed by atoms with E-state index in [1.807, 2.05) is 53.2 Å². The summed E-state index contributed by atoms with van der Waals surface area (Å²) in [6, 6.07) is 17.6. The number of alkyl halides is 2. The van der Waals surface area contributed by atoms with Crippen molar-refractivity contribution in [1.82, 2.24) is 20.1 Å². The molecule has 1 atom stereocenters. The molecule has 6 rings (SSSR count). The molecule has 0 radical (unpaired) electrons. The maximum atomic E-state index is 13.5. The Kier molecular flexibility index (Phi) is 14.4. The predicted octanol–water partition coefficient (Wildman–Crippen LogP) is 4.15. The van der Waals surface area contributed by atoms with E-state index in [2.05, 4.69) is 16.0 Å². The van der Waals surface area contributed by atoms with Gasteiger partial charge in [-0.3, -0.25) is 38.2 Å². The molecule has 57 heavy (non-hydrogen) atoms. The SMILES string of the molecule is NC(=S)c1cccc(-c2cn(CC(CF)CF)c3cc(CNCCOCCOCCOCCNc4cccc5c4C(=O)N(C4CCC(=O)NC4=O)C5=O)ccc23)c1. The van der Waals surface area contributed by atoms with Crippen LogP contribution in [0.2, 0.25) is 0 Å². The van der Waals surface area contributed by atoms with Crippen molar-refractivity contribution in [2.75, 3.05) is 71.4 Å². The van der Waals surface area contributed by atoms with Crippen LogP contribution in [0, 0.1) is 5.92 Å². The van der Waals surface area contributed by atoms with E-state index in [-0.39, 0.29) is 30.5 Å². The summed E-state index contributed by atoms with van der Waals surface area (Å²) in [6.45, 7) is 2.60. The lowest BCUT2D eigenvalue weighted by Crippen LogP contribution is -2.54. The van der Waals surface area contributed by atoms with Gasteiger partial charge in [-0.1, -0.05) is 48.6 Å². The minimum absolute atomic E-state index is 0.0552. The molecule has 0 spiro atoms. The minimum atomic E-state index is -1.02. The van der Waals surface area contributed by atoms with Crippen LogP contribution in [0.5, 0.6) is 0 Å². The van der Waals surface area contributed by atoms with Gasteiger partial charge in [0.15, 0.2) is 0 Å². The standard InChI is InChI=1S/C41H46F2N6O7S/c42-21-27(22-43)24-48-25-32(28-3-1-4-29(20-28)38(44)57)30-8-7-26(19-35(30)48)23-45-11-13-54-15-17-56-18-16-55-14-12-46-33-6-2-5-31-37(33)41(53)49(40(31)52)34-9-10-36(50)47-39(34)51/h1-8,19-20,25,27,34,45-46H,9-18,21-24H2,(H2,44,57)(H,47,50,51). The van der Waals surface area contributed by atoms with Crippen LogP contribution in [-0.4, -0.2) is 110 Å². The monoisotopic (exact) mass is 804 g/mol. The lowest BCUT2D eigenvalue weighted by atomic mass is 10.0. The summed E-state index contributed by atoms with van der Waals surface area (Å²) in [5.41, 5.74) is 11.2. The number of piperidine rings is 1. The summed E-state index contributed by atoms with van der Waals surface area (Å²) in [6.07, 6.45) is 2.08. The van der Waals surface area contributed by atoms with E-state index in [0.29, 0.717) is 70.0 Å². The molecule has 1 fully saturated rings. The van der Waals surface area contributed by atoms with Crippen molar-refractivity contribution in [3.8, 4) is 11.1 Å². The second-order valence-electron chi connectivity index (χ2n) is 13.8. The maximum absolute atomic E-state index is 13.5. The summed E-state index contributed by atoms with van der Waals surface area (Å²) in [5.74, 6) is -2.94. The van der Waals surface area contributed by atoms with E-state index in [4.69, 9.17) is 32.2 Å². The molecule has 3 aromatic carbocycles. The number of ether oxygens (including phenoxy) is 3. The highest BCUT2D eigenvalue weighted by atomic mass is 32.1. The highest BCUT2D eigenvalue weighted by Crippen LogP contribution is 2.34. The molecule has 3 heterocycles. The van der Waals surface area contributed by atoms with Crippen LogP contribution in [-0.2, 0) is 36.9 Å². The second-order valence-corrected chi connectivity index (χ2v) is 14.2. The van der Waals surface area contributed by atoms with E-state index in [1.54, 1.807) is 18.2 Å². The van der Waals surface area contributed by atoms with Crippen LogP contribution in [0.15, 0.2) is 66.9 Å². The predicted molar refractivity (Wildman–Crippen MR) is 214 cm³/mol. The molecule has 2 aliphatic rings. The van der Waals surface area contributed by atoms with Gasteiger partial charge in [0, 0.05) is 72.4 Å². The van der Waals surface area contributed by atoms with Gasteiger partial charge in [-0.2, -0.15) is 0 Å². The molecular formula is C41H46F2N6O7S. The average molecular weight is 805 g/mol. The number of rotatable bonds is 22. The number of aromatic nitrogens is 1. The number of anilines is 1. The van der Waals surface area contributed by atoms with Crippen molar-refractivity contribution in [3.05, 3.63) is 89.1 Å². The summed E-state index contributed by atoms with van der Waals surface area (Å²) in [5, 5.41) is 9.68. The lowest BCUT2D eigenvalue weighted by Gasteiger charge is -2.27. The highest BCUT2D eigenvalue weighted by molar-refractivity contribution is 7.80. The number of imide groups is 2. The Morgan fingerprint density at radius 1 is 0.877 bits per heavy atom. The number of amides is 4. The van der Waals surface area contributed by atoms with Crippen LogP contribution < -0.4 is 21.7 Å². The number of nitrogens with one attached hydrogen (secondary N) is 3. The normalized spacial score (nSPS) is 15.5. The number of hydrogen-bond donors (Lipinski definition) is 4. The van der Waals surface area contributed by atoms with E-state index >= 15 is 0 Å². The molecule has 1 unspecified atom stereocenters. The van der Waals surface area contributed by atoms with E-state index in [9.17, 15) is 28.0 Å². The van der Waals surface area contributed by atoms with Crippen molar-refractivity contribution in [3.63, 3.8) is 0 Å². The van der Waals surface area contributed by atoms with Crippen molar-refractivity contribution < 1.29 is 42.2 Å². The number of thiocarbonyl (C=S) groups is 1. The number of nitrogens with two attached hydrogens (primary N) is 1. The highest BCUT2D eigenvalue weighted by Gasteiger charge is 2.45. The zero-order valence-corrected chi connectivity index (χ0v) is 32.2. The van der Waals surface area contributed by atoms with Gasteiger partial charge in [-0.15, -0.1) is 0 Å². The summed E-state index contributed by atoms with van der Waals surface area (Å²) >= 11 is 5.16. The number of halogens is 2. The number of hydrogen-bond acceptors (Lipinski definition) is 10. The van der Waals surface area contributed by atoms with E-state index in [0.717, 1.165) is 38.1 Å². The molecule has 0 bridgehead atoms. The molecule has 302 valence electrons. The fourth-order valence-corrected chi connectivity index (χ4v) is 7.05. The van der Waals surface area contributed by atoms with Gasteiger partial charge < -0.3 is 35.1 Å². The van der Waals surface area contributed by atoms with Gasteiger partial charge in [-0.05, 0) is 41.8 Å². The second kappa shape index (κ2) is 19.8. The number of carbonyl (C=O) groups excluding carboxylic acids is 4. The molecule has 5 N–H and O–H groups in total. The minimum Gasteiger partial charge on any atom is -0.389 e. The largest absolute Gasteiger partial charge is 0.389 e. The topological polar surface area (TPSA) is 166 Å². The Labute approximate surface area is 334 Å². The number of carbonyl (C=O) groups is 4. The fraction of sp³-hybridized carbons (Fsp3) is 0.390. The van der Waals surface area contributed by atoms with E-state index < -0.39 is 48.9 Å². The zero-order chi connectivity index (χ0) is 40.3. The van der Waals surface area contributed by atoms with Crippen LogP contribution in [0.4, 0.5) is 14.5 Å². The Balaban J connectivity index is 0.864. The Morgan fingerprint density at radius 2 is 1.60 bits per heavy atom. The Hall–Kier alpha value is -5.13. The van der Waals surface area contributed by atoms with Crippen molar-refractivity contribution in [2.24, 2.45) is 11.7 Å². The van der Waals surface area contributed by atoms with Crippen LogP contribution >= 0.6 is 12.2 Å². The third kappa shape index (κ3) is 10.1. The Bertz CT molecular complexity index is 2110. The summed E-state index contributed by atoms with van der Waals surface area (Å²) in [4.78, 5) is 51.3. The first-order chi connectivity index (χ1) is 27.7. The van der Waals surface area contributed by atoms with Crippen molar-refractivity contribution in [1.29, 1.82) is 0 Å². The molecular weight excluding hydrogens is 759 g/mol. The van der Waals surface area contributed by atoms with E-state index in [1.165, 1.54) is 0 Å². The van der Waals surface area contributed by atoms with Crippen molar-refractivity contribution >= 4 is 57.4 Å². The molecule has 4 aromatic rings. The average Bonchev–Trinajstić information content (AvgIpc) is 3.70. The maximum Gasteiger partial charge on any atom is 0.264 e. The van der Waals surface area contributed by atoms with Gasteiger partial charge in [0.05, 0.1) is 64.1 Å².